The maximum absolute atomic E-state index is 13.2. The molecule has 2 fully saturated rings. The quantitative estimate of drug-likeness (QED) is 0.395. The van der Waals surface area contributed by atoms with Crippen LogP contribution in [0.3, 0.4) is 0 Å². The van der Waals surface area contributed by atoms with Crippen LogP contribution in [0.2, 0.25) is 0 Å². The lowest BCUT2D eigenvalue weighted by molar-refractivity contribution is 0.0228. The van der Waals surface area contributed by atoms with E-state index in [9.17, 15) is 9.59 Å². The Morgan fingerprint density at radius 3 is 2.47 bits per heavy atom. The summed E-state index contributed by atoms with van der Waals surface area (Å²) in [7, 11) is 2.05. The molecule has 7 heteroatoms. The van der Waals surface area contributed by atoms with Crippen molar-refractivity contribution >= 4 is 34.1 Å². The van der Waals surface area contributed by atoms with Crippen molar-refractivity contribution in [1.82, 2.24) is 19.4 Å². The first-order valence-electron chi connectivity index (χ1n) is 12.7. The topological polar surface area (TPSA) is 58.4 Å². The number of aryl methyl sites for hydroxylation is 1. The number of nitrogens with zero attached hydrogens (tertiary/aromatic N) is 4. The van der Waals surface area contributed by atoms with Gasteiger partial charge in [0, 0.05) is 67.5 Å². The number of aromatic nitrogens is 2. The van der Waals surface area contributed by atoms with Crippen LogP contribution < -0.4 is 0 Å². The molecule has 0 saturated carbocycles. The molecule has 0 unspecified atom stereocenters. The van der Waals surface area contributed by atoms with E-state index in [0.717, 1.165) is 56.5 Å². The van der Waals surface area contributed by atoms with Crippen molar-refractivity contribution in [3.8, 4) is 0 Å². The molecule has 4 heterocycles. The van der Waals surface area contributed by atoms with Gasteiger partial charge < -0.3 is 14.4 Å². The summed E-state index contributed by atoms with van der Waals surface area (Å²) in [4.78, 5) is 33.9. The Kier molecular flexibility index (Phi) is 6.09. The monoisotopic (exact) mass is 498 g/mol. The van der Waals surface area contributed by atoms with Crippen LogP contribution in [0.1, 0.15) is 44.1 Å². The van der Waals surface area contributed by atoms with Crippen LogP contribution >= 0.6 is 11.3 Å². The summed E-state index contributed by atoms with van der Waals surface area (Å²) in [6, 6.07) is 16.6. The van der Waals surface area contributed by atoms with Gasteiger partial charge in [-0.15, -0.1) is 11.3 Å². The van der Waals surface area contributed by atoms with E-state index in [1.807, 2.05) is 33.4 Å². The van der Waals surface area contributed by atoms with Gasteiger partial charge in [-0.25, -0.2) is 4.98 Å². The van der Waals surface area contributed by atoms with E-state index in [1.54, 1.807) is 6.20 Å². The van der Waals surface area contributed by atoms with Crippen LogP contribution in [0, 0.1) is 11.8 Å². The highest BCUT2D eigenvalue weighted by Gasteiger charge is 2.38. The second-order valence-electron chi connectivity index (χ2n) is 10.1. The van der Waals surface area contributed by atoms with Gasteiger partial charge in [0.1, 0.15) is 0 Å². The highest BCUT2D eigenvalue weighted by atomic mass is 32.1. The maximum Gasteiger partial charge on any atom is 0.282 e. The third kappa shape index (κ3) is 4.32. The Morgan fingerprint density at radius 2 is 1.75 bits per heavy atom. The van der Waals surface area contributed by atoms with Crippen molar-refractivity contribution in [2.45, 2.75) is 19.3 Å². The summed E-state index contributed by atoms with van der Waals surface area (Å²) < 4.78 is 2.13. The second kappa shape index (κ2) is 9.54. The van der Waals surface area contributed by atoms with E-state index in [2.05, 4.69) is 53.1 Å². The number of amides is 2. The molecule has 2 aromatic heterocycles. The molecule has 0 spiro atoms. The van der Waals surface area contributed by atoms with Gasteiger partial charge in [-0.05, 0) is 54.4 Å². The average molecular weight is 499 g/mol. The van der Waals surface area contributed by atoms with Crippen LogP contribution in [-0.4, -0.2) is 57.3 Å². The molecule has 0 N–H and O–H groups in total. The van der Waals surface area contributed by atoms with E-state index in [0.29, 0.717) is 16.8 Å². The van der Waals surface area contributed by atoms with Gasteiger partial charge in [0.05, 0.1) is 0 Å². The second-order valence-corrected chi connectivity index (χ2v) is 11.0. The number of fused-ring (bicyclic) bond motifs is 1. The number of hydrogen-bond donors (Lipinski definition) is 0. The molecule has 0 bridgehead atoms. The maximum atomic E-state index is 13.2. The van der Waals surface area contributed by atoms with E-state index in [1.165, 1.54) is 27.8 Å². The number of thiazole rings is 1. The van der Waals surface area contributed by atoms with Gasteiger partial charge in [0.25, 0.3) is 11.8 Å². The summed E-state index contributed by atoms with van der Waals surface area (Å²) >= 11 is 1.40. The smallest absolute Gasteiger partial charge is 0.282 e. The van der Waals surface area contributed by atoms with Gasteiger partial charge in [0.15, 0.2) is 5.01 Å². The molecule has 0 radical (unpaired) electrons. The number of likely N-dealkylation sites (tertiary alicyclic amines) is 2. The predicted octanol–water partition coefficient (Wildman–Crippen LogP) is 4.85. The third-order valence-corrected chi connectivity index (χ3v) is 8.62. The van der Waals surface area contributed by atoms with Gasteiger partial charge in [-0.1, -0.05) is 36.4 Å². The first-order chi connectivity index (χ1) is 17.6. The third-order valence-electron chi connectivity index (χ3n) is 7.86. The minimum Gasteiger partial charge on any atom is -0.350 e. The van der Waals surface area contributed by atoms with Gasteiger partial charge in [-0.2, -0.15) is 0 Å². The Bertz CT molecular complexity index is 1380. The van der Waals surface area contributed by atoms with Crippen LogP contribution in [0.15, 0.2) is 66.3 Å². The largest absolute Gasteiger partial charge is 0.350 e. The number of piperidine rings is 1. The Hall–Kier alpha value is -3.45. The van der Waals surface area contributed by atoms with Crippen molar-refractivity contribution in [2.24, 2.45) is 18.9 Å². The van der Waals surface area contributed by atoms with E-state index in [4.69, 9.17) is 0 Å². The van der Waals surface area contributed by atoms with E-state index >= 15 is 0 Å². The number of carbonyl (C=O) groups excluding carboxylic acids is 2. The fourth-order valence-electron chi connectivity index (χ4n) is 5.76. The predicted molar refractivity (Wildman–Crippen MR) is 142 cm³/mol. The summed E-state index contributed by atoms with van der Waals surface area (Å²) in [6.07, 6.45) is 6.75. The summed E-state index contributed by atoms with van der Waals surface area (Å²) in [5.41, 5.74) is 4.43. The molecule has 184 valence electrons. The molecule has 0 aliphatic carbocycles. The first kappa shape index (κ1) is 23.0. The molecule has 2 saturated heterocycles. The van der Waals surface area contributed by atoms with Crippen molar-refractivity contribution in [3.63, 3.8) is 0 Å². The Balaban J connectivity index is 1.06. The van der Waals surface area contributed by atoms with Crippen LogP contribution in [0.5, 0.6) is 0 Å². The van der Waals surface area contributed by atoms with Gasteiger partial charge in [-0.3, -0.25) is 9.59 Å². The average Bonchev–Trinajstić information content (AvgIpc) is 3.52. The molecule has 2 aliphatic heterocycles. The Labute approximate surface area is 215 Å². The van der Waals surface area contributed by atoms with Gasteiger partial charge >= 0.3 is 0 Å². The normalized spacial score (nSPS) is 16.9. The van der Waals surface area contributed by atoms with E-state index in [-0.39, 0.29) is 11.8 Å². The summed E-state index contributed by atoms with van der Waals surface area (Å²) in [5, 5.41) is 3.63. The van der Waals surface area contributed by atoms with Crippen LogP contribution in [0.25, 0.3) is 10.9 Å². The molecule has 6 nitrogen and oxygen atoms in total. The van der Waals surface area contributed by atoms with Crippen molar-refractivity contribution < 1.29 is 9.59 Å². The first-order valence-corrected chi connectivity index (χ1v) is 13.5. The summed E-state index contributed by atoms with van der Waals surface area (Å²) in [5.74, 6) is 1.28. The minimum absolute atomic E-state index is 0.0526. The lowest BCUT2D eigenvalue weighted by Gasteiger charge is -2.46. The van der Waals surface area contributed by atoms with Crippen LogP contribution in [-0.2, 0) is 13.5 Å². The molecule has 6 rings (SSSR count). The highest BCUT2D eigenvalue weighted by molar-refractivity contribution is 7.11. The molecule has 0 atom stereocenters. The van der Waals surface area contributed by atoms with Crippen molar-refractivity contribution in [1.29, 1.82) is 0 Å². The number of rotatable bonds is 5. The lowest BCUT2D eigenvalue weighted by Crippen LogP contribution is -2.54. The molecule has 4 aromatic rings. The molecular formula is C29H30N4O2S. The Morgan fingerprint density at radius 1 is 0.972 bits per heavy atom. The lowest BCUT2D eigenvalue weighted by atomic mass is 9.79. The highest BCUT2D eigenvalue weighted by Crippen LogP contribution is 2.33. The zero-order valence-corrected chi connectivity index (χ0v) is 21.3. The zero-order valence-electron chi connectivity index (χ0n) is 20.5. The zero-order chi connectivity index (χ0) is 24.6. The molecule has 36 heavy (non-hydrogen) atoms. The van der Waals surface area contributed by atoms with Gasteiger partial charge in [0.2, 0.25) is 0 Å². The van der Waals surface area contributed by atoms with Crippen molar-refractivity contribution in [2.75, 3.05) is 26.2 Å². The minimum atomic E-state index is 0.0526. The molecule has 2 amide bonds. The number of carbonyl (C=O) groups is 2. The fourth-order valence-corrected chi connectivity index (χ4v) is 6.36. The van der Waals surface area contributed by atoms with Crippen LogP contribution in [0.4, 0.5) is 0 Å². The molecular weight excluding hydrogens is 468 g/mol. The summed E-state index contributed by atoms with van der Waals surface area (Å²) in [6.45, 7) is 3.19. The standard InChI is InChI=1S/C29H30N4O2S/c1-31-17-23(15-20-5-3-2-4-6-20)25-8-7-22(16-26(25)31)28(34)33-18-24(19-33)21-9-12-32(13-10-21)29(35)27-30-11-14-36-27/h2-8,11,14,16-17,21,24H,9-10,12-13,15,18-19H2,1H3. The molecule has 2 aliphatic rings. The number of hydrogen-bond acceptors (Lipinski definition) is 4. The number of benzene rings is 2. The fraction of sp³-hybridized carbons (Fsp3) is 0.345. The SMILES string of the molecule is Cn1cc(Cc2ccccc2)c2ccc(C(=O)N3CC(C4CCN(C(=O)c5nccs5)CC4)C3)cc21. The molecule has 2 aromatic carbocycles. The van der Waals surface area contributed by atoms with Crippen molar-refractivity contribution in [3.05, 3.63) is 88.0 Å². The van der Waals surface area contributed by atoms with E-state index < -0.39 is 0 Å².